The van der Waals surface area contributed by atoms with Gasteiger partial charge in [0.2, 0.25) is 0 Å². The topological polar surface area (TPSA) is 17.1 Å². The number of Topliss-reactive ketones (excluding diaryl/α,β-unsaturated/α-hetero) is 1. The van der Waals surface area contributed by atoms with Crippen LogP contribution >= 0.6 is 11.8 Å². The average Bonchev–Trinajstić information content (AvgIpc) is 2.81. The molecule has 0 bridgehead atoms. The van der Waals surface area contributed by atoms with Crippen molar-refractivity contribution in [2.45, 2.75) is 31.4 Å². The van der Waals surface area contributed by atoms with Crippen LogP contribution in [0.2, 0.25) is 0 Å². The van der Waals surface area contributed by atoms with Gasteiger partial charge in [-0.25, -0.2) is 0 Å². The molecule has 84 valence electrons. The van der Waals surface area contributed by atoms with E-state index in [0.717, 1.165) is 12.0 Å². The summed E-state index contributed by atoms with van der Waals surface area (Å²) in [5, 5.41) is 2.12. The quantitative estimate of drug-likeness (QED) is 0.732. The molecule has 0 spiro atoms. The van der Waals surface area contributed by atoms with Crippen LogP contribution in [0.1, 0.15) is 42.1 Å². The lowest BCUT2D eigenvalue weighted by Gasteiger charge is -2.09. The average molecular weight is 232 g/mol. The van der Waals surface area contributed by atoms with E-state index in [-0.39, 0.29) is 11.0 Å². The van der Waals surface area contributed by atoms with Gasteiger partial charge >= 0.3 is 0 Å². The minimum absolute atomic E-state index is 0.102. The molecule has 16 heavy (non-hydrogen) atoms. The number of allylic oxidation sites excluding steroid dienone is 1. The zero-order valence-corrected chi connectivity index (χ0v) is 10.5. The third-order valence-corrected chi connectivity index (χ3v) is 3.93. The summed E-state index contributed by atoms with van der Waals surface area (Å²) in [6, 6.07) is 8.03. The normalized spacial score (nSPS) is 19.3. The lowest BCUT2D eigenvalue weighted by atomic mass is 9.99. The maximum atomic E-state index is 12.1. The van der Waals surface area contributed by atoms with Crippen molar-refractivity contribution in [2.75, 3.05) is 0 Å². The number of benzene rings is 1. The SMILES string of the molecule is CC(C)c1ccc(C(=O)C2CC=CS2)cc1. The molecule has 2 heteroatoms. The van der Waals surface area contributed by atoms with Crippen molar-refractivity contribution in [1.29, 1.82) is 0 Å². The molecule has 0 aliphatic carbocycles. The van der Waals surface area contributed by atoms with Gasteiger partial charge in [0.15, 0.2) is 5.78 Å². The molecule has 0 fully saturated rings. The molecule has 1 aromatic carbocycles. The molecule has 0 saturated heterocycles. The monoisotopic (exact) mass is 232 g/mol. The van der Waals surface area contributed by atoms with Crippen molar-refractivity contribution in [3.05, 3.63) is 46.9 Å². The fourth-order valence-electron chi connectivity index (χ4n) is 1.77. The third kappa shape index (κ3) is 2.38. The maximum Gasteiger partial charge on any atom is 0.176 e. The van der Waals surface area contributed by atoms with E-state index in [4.69, 9.17) is 0 Å². The molecule has 0 aromatic heterocycles. The molecule has 1 heterocycles. The van der Waals surface area contributed by atoms with Crippen molar-refractivity contribution in [3.63, 3.8) is 0 Å². The lowest BCUT2D eigenvalue weighted by Crippen LogP contribution is -2.14. The van der Waals surface area contributed by atoms with E-state index in [2.05, 4.69) is 32.1 Å². The molecule has 1 nitrogen and oxygen atoms in total. The van der Waals surface area contributed by atoms with Gasteiger partial charge in [0.25, 0.3) is 0 Å². The summed E-state index contributed by atoms with van der Waals surface area (Å²) < 4.78 is 0. The van der Waals surface area contributed by atoms with E-state index >= 15 is 0 Å². The molecule has 0 N–H and O–H groups in total. The van der Waals surface area contributed by atoms with Gasteiger partial charge in [0, 0.05) is 5.56 Å². The van der Waals surface area contributed by atoms with E-state index < -0.39 is 0 Å². The molecular formula is C14H16OS. The fourth-order valence-corrected chi connectivity index (χ4v) is 2.67. The second kappa shape index (κ2) is 4.88. The van der Waals surface area contributed by atoms with Gasteiger partial charge in [-0.05, 0) is 23.3 Å². The van der Waals surface area contributed by atoms with Crippen molar-refractivity contribution in [3.8, 4) is 0 Å². The van der Waals surface area contributed by atoms with E-state index in [9.17, 15) is 4.79 Å². The third-order valence-electron chi connectivity index (χ3n) is 2.84. The zero-order valence-electron chi connectivity index (χ0n) is 9.64. The van der Waals surface area contributed by atoms with Crippen molar-refractivity contribution in [2.24, 2.45) is 0 Å². The van der Waals surface area contributed by atoms with Gasteiger partial charge in [-0.2, -0.15) is 0 Å². The van der Waals surface area contributed by atoms with Crippen molar-refractivity contribution >= 4 is 17.5 Å². The summed E-state index contributed by atoms with van der Waals surface area (Å²) in [5.74, 6) is 0.775. The highest BCUT2D eigenvalue weighted by atomic mass is 32.2. The van der Waals surface area contributed by atoms with Crippen LogP contribution in [0.15, 0.2) is 35.7 Å². The Morgan fingerprint density at radius 1 is 1.31 bits per heavy atom. The lowest BCUT2D eigenvalue weighted by molar-refractivity contribution is 0.0990. The van der Waals surface area contributed by atoms with Crippen LogP contribution in [0, 0.1) is 0 Å². The highest BCUT2D eigenvalue weighted by molar-refractivity contribution is 8.03. The molecule has 1 aliphatic rings. The first-order valence-electron chi connectivity index (χ1n) is 5.63. The Balaban J connectivity index is 2.12. The van der Waals surface area contributed by atoms with Crippen LogP contribution in [0.5, 0.6) is 0 Å². The van der Waals surface area contributed by atoms with Crippen LogP contribution in [0.25, 0.3) is 0 Å². The summed E-state index contributed by atoms with van der Waals surface area (Å²) in [7, 11) is 0. The smallest absolute Gasteiger partial charge is 0.176 e. The Bertz CT molecular complexity index is 395. The number of rotatable bonds is 3. The van der Waals surface area contributed by atoms with E-state index in [1.165, 1.54) is 5.56 Å². The summed E-state index contributed by atoms with van der Waals surface area (Å²) in [6.45, 7) is 4.32. The first kappa shape index (κ1) is 11.5. The molecule has 0 saturated carbocycles. The van der Waals surface area contributed by atoms with Crippen molar-refractivity contribution in [1.82, 2.24) is 0 Å². The standard InChI is InChI=1S/C14H16OS/c1-10(2)11-5-7-12(8-6-11)14(15)13-4-3-9-16-13/h3,5-10,13H,4H2,1-2H3. The molecule has 1 aliphatic heterocycles. The van der Waals surface area contributed by atoms with Crippen LogP contribution in [-0.2, 0) is 0 Å². The van der Waals surface area contributed by atoms with Gasteiger partial charge in [-0.1, -0.05) is 44.2 Å². The predicted octanol–water partition coefficient (Wildman–Crippen LogP) is 4.01. The molecule has 2 rings (SSSR count). The van der Waals surface area contributed by atoms with Gasteiger partial charge in [-0.3, -0.25) is 4.79 Å². The summed E-state index contributed by atoms with van der Waals surface area (Å²) in [5.41, 5.74) is 2.12. The maximum absolute atomic E-state index is 12.1. The Morgan fingerprint density at radius 2 is 2.00 bits per heavy atom. The molecule has 0 radical (unpaired) electrons. The summed E-state index contributed by atoms with van der Waals surface area (Å²) in [4.78, 5) is 12.1. The second-order valence-electron chi connectivity index (χ2n) is 4.37. The number of thioether (sulfide) groups is 1. The Labute approximate surface area is 101 Å². The Morgan fingerprint density at radius 3 is 2.50 bits per heavy atom. The van der Waals surface area contributed by atoms with Gasteiger partial charge in [-0.15, -0.1) is 11.8 Å². The minimum atomic E-state index is 0.102. The van der Waals surface area contributed by atoms with E-state index in [1.54, 1.807) is 11.8 Å². The summed E-state index contributed by atoms with van der Waals surface area (Å²) >= 11 is 1.63. The molecule has 1 aromatic rings. The predicted molar refractivity (Wildman–Crippen MR) is 70.0 cm³/mol. The van der Waals surface area contributed by atoms with Gasteiger partial charge < -0.3 is 0 Å². The molecule has 1 atom stereocenters. The molecule has 1 unspecified atom stereocenters. The Hall–Kier alpha value is -1.02. The van der Waals surface area contributed by atoms with Gasteiger partial charge in [0.1, 0.15) is 0 Å². The van der Waals surface area contributed by atoms with E-state index in [0.29, 0.717) is 5.92 Å². The molecular weight excluding hydrogens is 216 g/mol. The second-order valence-corrected chi connectivity index (χ2v) is 5.49. The highest BCUT2D eigenvalue weighted by Crippen LogP contribution is 2.27. The van der Waals surface area contributed by atoms with Crippen LogP contribution in [-0.4, -0.2) is 11.0 Å². The minimum Gasteiger partial charge on any atom is -0.293 e. The number of carbonyl (C=O) groups excluding carboxylic acids is 1. The number of carbonyl (C=O) groups is 1. The van der Waals surface area contributed by atoms with Crippen molar-refractivity contribution < 1.29 is 4.79 Å². The van der Waals surface area contributed by atoms with Crippen LogP contribution in [0.3, 0.4) is 0 Å². The first-order valence-corrected chi connectivity index (χ1v) is 6.57. The first-order chi connectivity index (χ1) is 7.68. The number of hydrogen-bond donors (Lipinski definition) is 0. The Kier molecular flexibility index (Phi) is 3.49. The summed E-state index contributed by atoms with van der Waals surface area (Å²) in [6.07, 6.45) is 2.94. The van der Waals surface area contributed by atoms with Crippen LogP contribution in [0.4, 0.5) is 0 Å². The molecule has 0 amide bonds. The number of ketones is 1. The van der Waals surface area contributed by atoms with E-state index in [1.807, 2.05) is 17.5 Å². The largest absolute Gasteiger partial charge is 0.293 e. The number of hydrogen-bond acceptors (Lipinski definition) is 2. The highest BCUT2D eigenvalue weighted by Gasteiger charge is 2.21. The van der Waals surface area contributed by atoms with Gasteiger partial charge in [0.05, 0.1) is 5.25 Å². The zero-order chi connectivity index (χ0) is 11.5. The van der Waals surface area contributed by atoms with Crippen LogP contribution < -0.4 is 0 Å². The fraction of sp³-hybridized carbons (Fsp3) is 0.357.